The van der Waals surface area contributed by atoms with Gasteiger partial charge >= 0.3 is 0 Å². The van der Waals surface area contributed by atoms with Crippen LogP contribution in [0.4, 0.5) is 5.69 Å². The van der Waals surface area contributed by atoms with Crippen LogP contribution in [0, 0.1) is 13.8 Å². The van der Waals surface area contributed by atoms with E-state index in [1.54, 1.807) is 12.1 Å². The summed E-state index contributed by atoms with van der Waals surface area (Å²) in [5, 5.41) is 2.93. The van der Waals surface area contributed by atoms with E-state index in [0.29, 0.717) is 11.3 Å². The van der Waals surface area contributed by atoms with Gasteiger partial charge in [-0.2, -0.15) is 0 Å². The first-order chi connectivity index (χ1) is 13.6. The van der Waals surface area contributed by atoms with Gasteiger partial charge in [0.15, 0.2) is 0 Å². The number of para-hydroxylation sites is 1. The summed E-state index contributed by atoms with van der Waals surface area (Å²) in [6, 6.07) is 19.0. The van der Waals surface area contributed by atoms with E-state index < -0.39 is 0 Å². The van der Waals surface area contributed by atoms with Crippen LogP contribution in [-0.4, -0.2) is 15.3 Å². The summed E-state index contributed by atoms with van der Waals surface area (Å²) in [7, 11) is 0. The maximum atomic E-state index is 12.7. The highest BCUT2D eigenvalue weighted by atomic mass is 16.5. The average Bonchev–Trinajstić information content (AvgIpc) is 3.11. The van der Waals surface area contributed by atoms with Gasteiger partial charge in [-0.15, -0.1) is 0 Å². The Bertz CT molecular complexity index is 1150. The van der Waals surface area contributed by atoms with Gasteiger partial charge in [-0.05, 0) is 55.3 Å². The highest BCUT2D eigenvalue weighted by molar-refractivity contribution is 6.06. The fourth-order valence-electron chi connectivity index (χ4n) is 3.13. The maximum absolute atomic E-state index is 12.7. The summed E-state index contributed by atoms with van der Waals surface area (Å²) < 4.78 is 7.92. The number of aryl methyl sites for hydroxylation is 2. The Morgan fingerprint density at radius 2 is 1.93 bits per heavy atom. The molecule has 4 rings (SSSR count). The van der Waals surface area contributed by atoms with Crippen molar-refractivity contribution in [3.05, 3.63) is 95.4 Å². The number of carbonyl (C=O) groups is 1. The smallest absolute Gasteiger partial charge is 0.259 e. The molecule has 1 N–H and O–H groups in total. The van der Waals surface area contributed by atoms with Crippen LogP contribution < -0.4 is 10.1 Å². The Morgan fingerprint density at radius 1 is 1.07 bits per heavy atom. The normalized spacial score (nSPS) is 10.8. The molecule has 0 aliphatic heterocycles. The molecule has 4 aromatic rings. The minimum Gasteiger partial charge on any atom is -0.486 e. The molecule has 0 atom stereocenters. The van der Waals surface area contributed by atoms with E-state index in [4.69, 9.17) is 4.74 Å². The first-order valence-electron chi connectivity index (χ1n) is 9.13. The molecule has 0 saturated carbocycles. The maximum Gasteiger partial charge on any atom is 0.259 e. The van der Waals surface area contributed by atoms with E-state index in [1.165, 1.54) is 0 Å². The Balaban J connectivity index is 1.52. The number of imidazole rings is 1. The number of nitrogens with one attached hydrogen (secondary N) is 1. The van der Waals surface area contributed by atoms with Crippen molar-refractivity contribution in [2.24, 2.45) is 0 Å². The van der Waals surface area contributed by atoms with Crippen molar-refractivity contribution < 1.29 is 9.53 Å². The third kappa shape index (κ3) is 3.74. The number of hydrogen-bond acceptors (Lipinski definition) is 3. The monoisotopic (exact) mass is 371 g/mol. The van der Waals surface area contributed by atoms with E-state index in [2.05, 4.69) is 10.3 Å². The van der Waals surface area contributed by atoms with Crippen LogP contribution in [0.15, 0.2) is 73.1 Å². The first-order valence-corrected chi connectivity index (χ1v) is 9.13. The fourth-order valence-corrected chi connectivity index (χ4v) is 3.13. The second-order valence-corrected chi connectivity index (χ2v) is 6.76. The topological polar surface area (TPSA) is 55.6 Å². The van der Waals surface area contributed by atoms with Crippen LogP contribution >= 0.6 is 0 Å². The highest BCUT2D eigenvalue weighted by Crippen LogP contribution is 2.21. The zero-order chi connectivity index (χ0) is 19.5. The fraction of sp³-hybridized carbons (Fsp3) is 0.130. The van der Waals surface area contributed by atoms with Crippen LogP contribution in [-0.2, 0) is 6.61 Å². The van der Waals surface area contributed by atoms with Crippen LogP contribution in [0.1, 0.15) is 27.2 Å². The highest BCUT2D eigenvalue weighted by Gasteiger charge is 2.13. The van der Waals surface area contributed by atoms with E-state index in [9.17, 15) is 4.79 Å². The Hall–Kier alpha value is -3.60. The molecule has 1 amide bonds. The van der Waals surface area contributed by atoms with Crippen molar-refractivity contribution in [2.45, 2.75) is 20.5 Å². The summed E-state index contributed by atoms with van der Waals surface area (Å²) in [6.07, 6.45) is 3.90. The SMILES string of the molecule is Cc1cccc(NC(=O)c2ccccc2OCc2cn3cccc(C)c3n2)c1. The van der Waals surface area contributed by atoms with Gasteiger partial charge in [-0.3, -0.25) is 4.79 Å². The predicted octanol–water partition coefficient (Wildman–Crippen LogP) is 4.78. The van der Waals surface area contributed by atoms with Crippen molar-refractivity contribution >= 4 is 17.2 Å². The number of fused-ring (bicyclic) bond motifs is 1. The number of nitrogens with zero attached hydrogens (tertiary/aromatic N) is 2. The molecular weight excluding hydrogens is 350 g/mol. The molecule has 0 aliphatic rings. The van der Waals surface area contributed by atoms with Crippen LogP contribution in [0.25, 0.3) is 5.65 Å². The number of aromatic nitrogens is 2. The molecule has 2 aromatic heterocycles. The molecule has 140 valence electrons. The van der Waals surface area contributed by atoms with Gasteiger partial charge in [-0.1, -0.05) is 30.3 Å². The molecule has 28 heavy (non-hydrogen) atoms. The summed E-state index contributed by atoms with van der Waals surface area (Å²) in [4.78, 5) is 17.3. The molecule has 5 heteroatoms. The number of ether oxygens (including phenoxy) is 1. The molecule has 0 aliphatic carbocycles. The largest absolute Gasteiger partial charge is 0.486 e. The molecule has 5 nitrogen and oxygen atoms in total. The molecule has 0 fully saturated rings. The summed E-state index contributed by atoms with van der Waals surface area (Å²) in [5.74, 6) is 0.327. The third-order valence-corrected chi connectivity index (χ3v) is 4.51. The van der Waals surface area contributed by atoms with E-state index in [0.717, 1.165) is 28.2 Å². The summed E-state index contributed by atoms with van der Waals surface area (Å²) in [6.45, 7) is 4.30. The number of carbonyl (C=O) groups excluding carboxylic acids is 1. The zero-order valence-corrected chi connectivity index (χ0v) is 15.8. The minimum absolute atomic E-state index is 0.202. The molecule has 0 radical (unpaired) electrons. The number of benzene rings is 2. The number of anilines is 1. The van der Waals surface area contributed by atoms with Crippen LogP contribution in [0.2, 0.25) is 0 Å². The number of amides is 1. The first kappa shape index (κ1) is 17.8. The van der Waals surface area contributed by atoms with Crippen molar-refractivity contribution in [3.63, 3.8) is 0 Å². The lowest BCUT2D eigenvalue weighted by Gasteiger charge is -2.11. The number of hydrogen-bond donors (Lipinski definition) is 1. The quantitative estimate of drug-likeness (QED) is 0.549. The standard InChI is InChI=1S/C23H21N3O2/c1-16-7-5-9-18(13-16)25-23(27)20-10-3-4-11-21(20)28-15-19-14-26-12-6-8-17(2)22(26)24-19/h3-14H,15H2,1-2H3,(H,25,27). The van der Waals surface area contributed by atoms with Crippen molar-refractivity contribution in [1.29, 1.82) is 0 Å². The molecule has 0 spiro atoms. The molecule has 0 unspecified atom stereocenters. The molecular formula is C23H21N3O2. The third-order valence-electron chi connectivity index (χ3n) is 4.51. The van der Waals surface area contributed by atoms with Gasteiger partial charge in [-0.25, -0.2) is 4.98 Å². The Morgan fingerprint density at radius 3 is 2.75 bits per heavy atom. The molecule has 2 heterocycles. The van der Waals surface area contributed by atoms with Gasteiger partial charge in [0.1, 0.15) is 18.0 Å². The van der Waals surface area contributed by atoms with E-state index in [1.807, 2.05) is 79.2 Å². The summed E-state index contributed by atoms with van der Waals surface area (Å²) in [5.41, 5.74) is 5.16. The van der Waals surface area contributed by atoms with Crippen molar-refractivity contribution in [3.8, 4) is 5.75 Å². The lowest BCUT2D eigenvalue weighted by molar-refractivity contribution is 0.102. The second-order valence-electron chi connectivity index (χ2n) is 6.76. The van der Waals surface area contributed by atoms with E-state index >= 15 is 0 Å². The average molecular weight is 371 g/mol. The Labute approximate surface area is 163 Å². The van der Waals surface area contributed by atoms with Crippen molar-refractivity contribution in [1.82, 2.24) is 9.38 Å². The zero-order valence-electron chi connectivity index (χ0n) is 15.8. The van der Waals surface area contributed by atoms with Gasteiger partial charge in [0.2, 0.25) is 0 Å². The second kappa shape index (κ2) is 7.56. The van der Waals surface area contributed by atoms with Crippen LogP contribution in [0.5, 0.6) is 5.75 Å². The lowest BCUT2D eigenvalue weighted by atomic mass is 10.1. The summed E-state index contributed by atoms with van der Waals surface area (Å²) >= 11 is 0. The minimum atomic E-state index is -0.202. The van der Waals surface area contributed by atoms with Crippen molar-refractivity contribution in [2.75, 3.05) is 5.32 Å². The molecule has 0 saturated heterocycles. The van der Waals surface area contributed by atoms with Gasteiger partial charge in [0, 0.05) is 18.1 Å². The van der Waals surface area contributed by atoms with Gasteiger partial charge in [0.05, 0.1) is 11.3 Å². The van der Waals surface area contributed by atoms with Crippen LogP contribution in [0.3, 0.4) is 0 Å². The van der Waals surface area contributed by atoms with Gasteiger partial charge in [0.25, 0.3) is 5.91 Å². The molecule has 2 aromatic carbocycles. The van der Waals surface area contributed by atoms with E-state index in [-0.39, 0.29) is 12.5 Å². The molecule has 0 bridgehead atoms. The number of pyridine rings is 1. The Kier molecular flexibility index (Phi) is 4.81. The lowest BCUT2D eigenvalue weighted by Crippen LogP contribution is -2.13. The predicted molar refractivity (Wildman–Crippen MR) is 110 cm³/mol. The van der Waals surface area contributed by atoms with Gasteiger partial charge < -0.3 is 14.5 Å². The number of rotatable bonds is 5.